The largest absolute Gasteiger partial charge is 0.491 e. The second kappa shape index (κ2) is 8.57. The van der Waals surface area contributed by atoms with Crippen LogP contribution in [0.3, 0.4) is 0 Å². The van der Waals surface area contributed by atoms with Gasteiger partial charge in [-0.1, -0.05) is 12.1 Å². The van der Waals surface area contributed by atoms with Crippen molar-refractivity contribution in [1.82, 2.24) is 9.80 Å². The number of benzene rings is 1. The van der Waals surface area contributed by atoms with E-state index in [0.717, 1.165) is 11.3 Å². The highest BCUT2D eigenvalue weighted by molar-refractivity contribution is 5.79. The van der Waals surface area contributed by atoms with E-state index in [4.69, 9.17) is 9.47 Å². The van der Waals surface area contributed by atoms with E-state index in [0.29, 0.717) is 39.2 Å². The molecule has 0 atom stereocenters. The van der Waals surface area contributed by atoms with Gasteiger partial charge in [0.25, 0.3) is 0 Å². The van der Waals surface area contributed by atoms with Crippen LogP contribution < -0.4 is 4.74 Å². The second-order valence-electron chi connectivity index (χ2n) is 6.05. The Kier molecular flexibility index (Phi) is 6.46. The lowest BCUT2D eigenvalue weighted by Crippen LogP contribution is -2.51. The lowest BCUT2D eigenvalue weighted by molar-refractivity contribution is -0.132. The van der Waals surface area contributed by atoms with Crippen LogP contribution in [0.4, 0.5) is 4.79 Å². The summed E-state index contributed by atoms with van der Waals surface area (Å²) in [6.45, 7) is 8.25. The molecule has 6 heteroatoms. The van der Waals surface area contributed by atoms with Gasteiger partial charge in [-0.2, -0.15) is 0 Å². The summed E-state index contributed by atoms with van der Waals surface area (Å²) in [6, 6.07) is 7.62. The summed E-state index contributed by atoms with van der Waals surface area (Å²) in [7, 11) is 0. The van der Waals surface area contributed by atoms with Gasteiger partial charge in [-0.25, -0.2) is 4.79 Å². The highest BCUT2D eigenvalue weighted by Crippen LogP contribution is 2.15. The van der Waals surface area contributed by atoms with Crippen molar-refractivity contribution in [3.8, 4) is 5.75 Å². The molecule has 0 radical (unpaired) electrons. The van der Waals surface area contributed by atoms with E-state index < -0.39 is 0 Å². The third kappa shape index (κ3) is 5.15. The van der Waals surface area contributed by atoms with Gasteiger partial charge >= 0.3 is 6.09 Å². The monoisotopic (exact) mass is 334 g/mol. The van der Waals surface area contributed by atoms with Crippen molar-refractivity contribution in [2.24, 2.45) is 0 Å². The third-order valence-corrected chi connectivity index (χ3v) is 3.81. The maximum atomic E-state index is 12.4. The molecule has 0 unspecified atom stereocenters. The van der Waals surface area contributed by atoms with Crippen LogP contribution in [0.1, 0.15) is 26.3 Å². The average Bonchev–Trinajstić information content (AvgIpc) is 2.56. The van der Waals surface area contributed by atoms with Crippen LogP contribution in [-0.4, -0.2) is 60.7 Å². The number of amides is 2. The fourth-order valence-electron chi connectivity index (χ4n) is 2.60. The van der Waals surface area contributed by atoms with Crippen LogP contribution in [0, 0.1) is 0 Å². The van der Waals surface area contributed by atoms with E-state index in [2.05, 4.69) is 0 Å². The predicted molar refractivity (Wildman–Crippen MR) is 91.1 cm³/mol. The van der Waals surface area contributed by atoms with Gasteiger partial charge in [-0.3, -0.25) is 4.79 Å². The molecule has 1 aromatic carbocycles. The molecule has 0 aliphatic carbocycles. The zero-order chi connectivity index (χ0) is 17.5. The molecular formula is C18H26N2O4. The molecule has 0 aromatic heterocycles. The van der Waals surface area contributed by atoms with E-state index in [1.165, 1.54) is 0 Å². The van der Waals surface area contributed by atoms with E-state index in [1.54, 1.807) is 16.7 Å². The molecule has 24 heavy (non-hydrogen) atoms. The number of carbonyl (C=O) groups excluding carboxylic acids is 2. The summed E-state index contributed by atoms with van der Waals surface area (Å²) >= 11 is 0. The molecule has 0 bridgehead atoms. The van der Waals surface area contributed by atoms with Gasteiger partial charge in [-0.05, 0) is 38.5 Å². The van der Waals surface area contributed by atoms with Crippen molar-refractivity contribution in [3.63, 3.8) is 0 Å². The number of carbonyl (C=O) groups is 2. The number of ether oxygens (including phenoxy) is 2. The molecule has 1 saturated heterocycles. The summed E-state index contributed by atoms with van der Waals surface area (Å²) in [5, 5.41) is 0. The molecule has 2 amide bonds. The Morgan fingerprint density at radius 2 is 1.62 bits per heavy atom. The van der Waals surface area contributed by atoms with Crippen LogP contribution >= 0.6 is 0 Å². The molecular weight excluding hydrogens is 308 g/mol. The summed E-state index contributed by atoms with van der Waals surface area (Å²) in [5.74, 6) is 0.889. The second-order valence-corrected chi connectivity index (χ2v) is 6.05. The van der Waals surface area contributed by atoms with Crippen molar-refractivity contribution >= 4 is 12.0 Å². The molecule has 1 aliphatic rings. The van der Waals surface area contributed by atoms with Crippen molar-refractivity contribution < 1.29 is 19.1 Å². The zero-order valence-electron chi connectivity index (χ0n) is 14.7. The van der Waals surface area contributed by atoms with Crippen molar-refractivity contribution in [3.05, 3.63) is 29.8 Å². The van der Waals surface area contributed by atoms with Gasteiger partial charge in [0.15, 0.2) is 0 Å². The van der Waals surface area contributed by atoms with Gasteiger partial charge in [0, 0.05) is 26.2 Å². The predicted octanol–water partition coefficient (Wildman–Crippen LogP) is 2.32. The lowest BCUT2D eigenvalue weighted by atomic mass is 10.1. The van der Waals surface area contributed by atoms with Crippen molar-refractivity contribution in [1.29, 1.82) is 0 Å². The highest BCUT2D eigenvalue weighted by atomic mass is 16.6. The molecule has 2 rings (SSSR count). The SMILES string of the molecule is CCOC(=O)N1CCN(C(=O)Cc2ccc(OC(C)C)cc2)CC1. The highest BCUT2D eigenvalue weighted by Gasteiger charge is 2.24. The molecule has 6 nitrogen and oxygen atoms in total. The molecule has 1 aliphatic heterocycles. The minimum absolute atomic E-state index is 0.0797. The first-order chi connectivity index (χ1) is 11.5. The Hall–Kier alpha value is -2.24. The standard InChI is InChI=1S/C18H26N2O4/c1-4-23-18(22)20-11-9-19(10-12-20)17(21)13-15-5-7-16(8-6-15)24-14(2)3/h5-8,14H,4,9-13H2,1-3H3. The van der Waals surface area contributed by atoms with Gasteiger partial charge < -0.3 is 19.3 Å². The molecule has 1 fully saturated rings. The van der Waals surface area contributed by atoms with Crippen molar-refractivity contribution in [2.75, 3.05) is 32.8 Å². The topological polar surface area (TPSA) is 59.1 Å². The summed E-state index contributed by atoms with van der Waals surface area (Å²) in [4.78, 5) is 27.5. The summed E-state index contributed by atoms with van der Waals surface area (Å²) in [5.41, 5.74) is 0.962. The maximum Gasteiger partial charge on any atom is 0.409 e. The third-order valence-electron chi connectivity index (χ3n) is 3.81. The maximum absolute atomic E-state index is 12.4. The molecule has 1 aromatic rings. The quantitative estimate of drug-likeness (QED) is 0.829. The Morgan fingerprint density at radius 3 is 2.17 bits per heavy atom. The van der Waals surface area contributed by atoms with Crippen molar-refractivity contribution in [2.45, 2.75) is 33.3 Å². The van der Waals surface area contributed by atoms with Gasteiger partial charge in [0.05, 0.1) is 19.1 Å². The van der Waals surface area contributed by atoms with Crippen LogP contribution in [0.25, 0.3) is 0 Å². The number of hydrogen-bond donors (Lipinski definition) is 0. The molecule has 0 N–H and O–H groups in total. The normalized spacial score (nSPS) is 14.7. The zero-order valence-corrected chi connectivity index (χ0v) is 14.7. The van der Waals surface area contributed by atoms with E-state index in [1.807, 2.05) is 38.1 Å². The fraction of sp³-hybridized carbons (Fsp3) is 0.556. The molecule has 0 spiro atoms. The molecule has 132 valence electrons. The van der Waals surface area contributed by atoms with E-state index in [9.17, 15) is 9.59 Å². The Balaban J connectivity index is 1.82. The summed E-state index contributed by atoms with van der Waals surface area (Å²) < 4.78 is 10.6. The Labute approximate surface area is 143 Å². The number of nitrogens with zero attached hydrogens (tertiary/aromatic N) is 2. The van der Waals surface area contributed by atoms with Crippen LogP contribution in [0.5, 0.6) is 5.75 Å². The Morgan fingerprint density at radius 1 is 1.04 bits per heavy atom. The smallest absolute Gasteiger partial charge is 0.409 e. The first-order valence-electron chi connectivity index (χ1n) is 8.44. The van der Waals surface area contributed by atoms with Crippen LogP contribution in [-0.2, 0) is 16.0 Å². The first kappa shape index (κ1) is 18.1. The minimum Gasteiger partial charge on any atom is -0.491 e. The van der Waals surface area contributed by atoms with Crippen LogP contribution in [0.2, 0.25) is 0 Å². The first-order valence-corrected chi connectivity index (χ1v) is 8.44. The number of hydrogen-bond acceptors (Lipinski definition) is 4. The molecule has 1 heterocycles. The van der Waals surface area contributed by atoms with Gasteiger partial charge in [0.1, 0.15) is 5.75 Å². The summed E-state index contributed by atoms with van der Waals surface area (Å²) in [6.07, 6.45) is 0.194. The Bertz CT molecular complexity index is 549. The number of piperazine rings is 1. The minimum atomic E-state index is -0.301. The van der Waals surface area contributed by atoms with E-state index >= 15 is 0 Å². The van der Waals surface area contributed by atoms with Crippen LogP contribution in [0.15, 0.2) is 24.3 Å². The van der Waals surface area contributed by atoms with Gasteiger partial charge in [0.2, 0.25) is 5.91 Å². The van der Waals surface area contributed by atoms with Gasteiger partial charge in [-0.15, -0.1) is 0 Å². The average molecular weight is 334 g/mol. The lowest BCUT2D eigenvalue weighted by Gasteiger charge is -2.34. The molecule has 0 saturated carbocycles. The van der Waals surface area contributed by atoms with E-state index in [-0.39, 0.29) is 18.1 Å². The fourth-order valence-corrected chi connectivity index (χ4v) is 2.60. The number of rotatable bonds is 5.